The first-order chi connectivity index (χ1) is 23.1. The zero-order chi connectivity index (χ0) is 32.0. The Morgan fingerprint density at radius 3 is 2.53 bits per heavy atom. The molecule has 0 radical (unpaired) electrons. The molecule has 3 aliphatic carbocycles. The van der Waals surface area contributed by atoms with Crippen molar-refractivity contribution in [1.82, 2.24) is 9.80 Å². The van der Waals surface area contributed by atoms with Crippen molar-refractivity contribution < 1.29 is 19.4 Å². The lowest BCUT2D eigenvalue weighted by molar-refractivity contribution is -0.0886. The molecule has 3 fully saturated rings. The van der Waals surface area contributed by atoms with Gasteiger partial charge in [-0.3, -0.25) is 14.6 Å². The maximum absolute atomic E-state index is 13.8. The van der Waals surface area contributed by atoms with Gasteiger partial charge >= 0.3 is 0 Å². The number of carbonyl (C=O) groups excluding carboxylic acids is 1. The number of likely N-dealkylation sites (tertiary alicyclic amines) is 1. The van der Waals surface area contributed by atoms with E-state index in [1.807, 2.05) is 30.3 Å². The fourth-order valence-corrected chi connectivity index (χ4v) is 9.98. The number of rotatable bonds is 14. The second-order valence-electron chi connectivity index (χ2n) is 15.0. The summed E-state index contributed by atoms with van der Waals surface area (Å²) in [5.41, 5.74) is 4.97. The van der Waals surface area contributed by atoms with Crippen LogP contribution in [0.1, 0.15) is 78.4 Å². The van der Waals surface area contributed by atoms with Gasteiger partial charge in [0.25, 0.3) is 0 Å². The third-order valence-electron chi connectivity index (χ3n) is 12.4. The molecule has 1 spiro atoms. The van der Waals surface area contributed by atoms with Crippen molar-refractivity contribution in [2.24, 2.45) is 11.8 Å². The number of piperidine rings is 1. The minimum Gasteiger partial charge on any atom is -0.493 e. The molecular formula is C41H50N2O4. The summed E-state index contributed by atoms with van der Waals surface area (Å²) in [5, 5.41) is 10.2. The van der Waals surface area contributed by atoms with Gasteiger partial charge in [0.1, 0.15) is 6.10 Å². The highest BCUT2D eigenvalue weighted by Gasteiger charge is 2.66. The molecule has 2 heterocycles. The van der Waals surface area contributed by atoms with E-state index in [1.54, 1.807) is 7.11 Å². The van der Waals surface area contributed by atoms with Gasteiger partial charge in [-0.05, 0) is 87.6 Å². The molecule has 7 atom stereocenters. The van der Waals surface area contributed by atoms with Crippen LogP contribution in [0.4, 0.5) is 0 Å². The number of ether oxygens (including phenoxy) is 2. The summed E-state index contributed by atoms with van der Waals surface area (Å²) in [7, 11) is 1.76. The first-order valence-electron chi connectivity index (χ1n) is 18.2. The average Bonchev–Trinajstić information content (AvgIpc) is 3.69. The maximum atomic E-state index is 13.8. The van der Waals surface area contributed by atoms with E-state index < -0.39 is 0 Å². The van der Waals surface area contributed by atoms with E-state index in [0.29, 0.717) is 24.4 Å². The highest BCUT2D eigenvalue weighted by atomic mass is 16.5. The lowest BCUT2D eigenvalue weighted by atomic mass is 9.51. The van der Waals surface area contributed by atoms with Crippen LogP contribution in [0.3, 0.4) is 0 Å². The van der Waals surface area contributed by atoms with Crippen LogP contribution in [0, 0.1) is 11.8 Å². The molecule has 6 nitrogen and oxygen atoms in total. The van der Waals surface area contributed by atoms with Crippen molar-refractivity contribution in [1.29, 1.82) is 0 Å². The highest BCUT2D eigenvalue weighted by molar-refractivity contribution is 5.97. The van der Waals surface area contributed by atoms with Crippen molar-refractivity contribution in [3.8, 4) is 11.5 Å². The van der Waals surface area contributed by atoms with E-state index in [9.17, 15) is 9.90 Å². The predicted octanol–water partition coefficient (Wildman–Crippen LogP) is 6.47. The number of nitrogens with zero attached hydrogens (tertiary/aromatic N) is 2. The van der Waals surface area contributed by atoms with E-state index in [-0.39, 0.29) is 29.4 Å². The maximum Gasteiger partial charge on any atom is 0.176 e. The zero-order valence-corrected chi connectivity index (χ0v) is 27.9. The van der Waals surface area contributed by atoms with Crippen LogP contribution in [0.15, 0.2) is 72.8 Å². The van der Waals surface area contributed by atoms with Gasteiger partial charge < -0.3 is 14.6 Å². The predicted molar refractivity (Wildman–Crippen MR) is 184 cm³/mol. The summed E-state index contributed by atoms with van der Waals surface area (Å²) in [6.45, 7) is 3.38. The van der Waals surface area contributed by atoms with Gasteiger partial charge in [-0.15, -0.1) is 0 Å². The number of aliphatic hydroxyl groups is 1. The summed E-state index contributed by atoms with van der Waals surface area (Å²) in [6.07, 6.45) is 10.9. The largest absolute Gasteiger partial charge is 0.493 e. The smallest absolute Gasteiger partial charge is 0.176 e. The Hall–Kier alpha value is -3.19. The van der Waals surface area contributed by atoms with Gasteiger partial charge in [-0.2, -0.15) is 0 Å². The fraction of sp³-hybridized carbons (Fsp3) is 0.537. The minimum atomic E-state index is -0.120. The Kier molecular flexibility index (Phi) is 8.62. The number of aryl methyl sites for hydroxylation is 1. The van der Waals surface area contributed by atoms with Crippen molar-refractivity contribution in [3.05, 3.63) is 95.1 Å². The molecular weight excluding hydrogens is 584 g/mol. The normalized spacial score (nSPS) is 30.1. The molecule has 3 aromatic carbocycles. The van der Waals surface area contributed by atoms with Crippen molar-refractivity contribution in [3.63, 3.8) is 0 Å². The van der Waals surface area contributed by atoms with Crippen LogP contribution in [-0.2, 0) is 18.3 Å². The fourth-order valence-electron chi connectivity index (χ4n) is 9.98. The third kappa shape index (κ3) is 5.70. The SMILES string of the molecule is COc1ccc2c3c1O[C@H]1[C@H](N(CCCCCCc4ccccc4)CC(=O)c4ccccc4)CC[C@H]4[C@@H](C2)N(CC2CC2O)CC[C@@]341. The number of benzene rings is 3. The second-order valence-corrected chi connectivity index (χ2v) is 15.0. The van der Waals surface area contributed by atoms with Gasteiger partial charge in [-0.25, -0.2) is 0 Å². The summed E-state index contributed by atoms with van der Waals surface area (Å²) in [6, 6.07) is 25.7. The first kappa shape index (κ1) is 31.1. The van der Waals surface area contributed by atoms with Gasteiger partial charge in [0.05, 0.1) is 19.8 Å². The molecule has 248 valence electrons. The van der Waals surface area contributed by atoms with Gasteiger partial charge in [0.15, 0.2) is 17.3 Å². The molecule has 1 N–H and O–H groups in total. The summed E-state index contributed by atoms with van der Waals surface area (Å²) in [4.78, 5) is 19.0. The third-order valence-corrected chi connectivity index (χ3v) is 12.4. The molecule has 0 amide bonds. The number of ketones is 1. The number of hydrogen-bond donors (Lipinski definition) is 1. The minimum absolute atomic E-state index is 0.00409. The number of unbranched alkanes of at least 4 members (excludes halogenated alkanes) is 3. The molecule has 1 saturated heterocycles. The molecule has 2 unspecified atom stereocenters. The van der Waals surface area contributed by atoms with E-state index in [2.05, 4.69) is 52.3 Å². The Morgan fingerprint density at radius 1 is 1.00 bits per heavy atom. The van der Waals surface area contributed by atoms with Crippen LogP contribution in [0.2, 0.25) is 0 Å². The van der Waals surface area contributed by atoms with Crippen LogP contribution < -0.4 is 9.47 Å². The number of methoxy groups -OCH3 is 1. The topological polar surface area (TPSA) is 62.2 Å². The zero-order valence-electron chi connectivity index (χ0n) is 27.9. The van der Waals surface area contributed by atoms with Crippen LogP contribution in [-0.4, -0.2) is 78.3 Å². The van der Waals surface area contributed by atoms with Gasteiger partial charge in [0, 0.05) is 41.1 Å². The van der Waals surface area contributed by atoms with Crippen LogP contribution in [0.25, 0.3) is 0 Å². The Labute approximate surface area is 280 Å². The molecule has 2 saturated carbocycles. The lowest BCUT2D eigenvalue weighted by Crippen LogP contribution is -2.69. The van der Waals surface area contributed by atoms with Crippen molar-refractivity contribution in [2.45, 2.75) is 93.9 Å². The molecule has 47 heavy (non-hydrogen) atoms. The van der Waals surface area contributed by atoms with E-state index in [0.717, 1.165) is 88.1 Å². The molecule has 2 aliphatic heterocycles. The summed E-state index contributed by atoms with van der Waals surface area (Å²) < 4.78 is 13.1. The second kappa shape index (κ2) is 13.0. The Bertz CT molecular complexity index is 1560. The molecule has 0 aromatic heterocycles. The van der Waals surface area contributed by atoms with Crippen LogP contribution >= 0.6 is 0 Å². The van der Waals surface area contributed by atoms with E-state index >= 15 is 0 Å². The van der Waals surface area contributed by atoms with Crippen LogP contribution in [0.5, 0.6) is 11.5 Å². The standard InChI is InChI=1S/C41H50N2O4/c1-46-37-20-17-30-24-34-32-18-19-33(40-41(32,38(30)39(37)47-40)21-23-43(34)26-31-25-35(31)44)42(27-36(45)29-15-9-5-10-16-29)22-11-3-2-6-12-28-13-7-4-8-14-28/h4-5,7-10,13-17,20,31-35,40,44H,2-3,6,11-12,18-19,21-27H2,1H3/t31?,32-,33+,34+,35?,40-,41-/m0/s1. The molecule has 5 aliphatic rings. The Balaban J connectivity index is 1.05. The van der Waals surface area contributed by atoms with E-state index in [4.69, 9.17) is 9.47 Å². The monoisotopic (exact) mass is 634 g/mol. The Morgan fingerprint density at radius 2 is 1.77 bits per heavy atom. The summed E-state index contributed by atoms with van der Waals surface area (Å²) >= 11 is 0. The number of Topliss-reactive ketones (excluding diaryl/α,β-unsaturated/α-hetero) is 1. The van der Waals surface area contributed by atoms with Crippen molar-refractivity contribution >= 4 is 5.78 Å². The number of carbonyl (C=O) groups is 1. The van der Waals surface area contributed by atoms with Gasteiger partial charge in [0.2, 0.25) is 0 Å². The average molecular weight is 635 g/mol. The van der Waals surface area contributed by atoms with Crippen molar-refractivity contribution in [2.75, 3.05) is 33.3 Å². The summed E-state index contributed by atoms with van der Waals surface area (Å²) in [5.74, 6) is 2.95. The first-order valence-corrected chi connectivity index (χ1v) is 18.2. The highest BCUT2D eigenvalue weighted by Crippen LogP contribution is 2.64. The van der Waals surface area contributed by atoms with Gasteiger partial charge in [-0.1, -0.05) is 79.6 Å². The molecule has 8 rings (SSSR count). The quantitative estimate of drug-likeness (QED) is 0.162. The number of aliphatic hydroxyl groups excluding tert-OH is 1. The molecule has 2 bridgehead atoms. The lowest BCUT2D eigenvalue weighted by Gasteiger charge is -2.60. The molecule has 6 heteroatoms. The van der Waals surface area contributed by atoms with E-state index in [1.165, 1.54) is 29.5 Å². The molecule has 3 aromatic rings. The number of hydrogen-bond acceptors (Lipinski definition) is 6.